The Morgan fingerprint density at radius 3 is 2.46 bits per heavy atom. The van der Waals surface area contributed by atoms with Gasteiger partial charge >= 0.3 is 0 Å². The van der Waals surface area contributed by atoms with Crippen LogP contribution in [0.2, 0.25) is 0 Å². The molecular formula is C21H32N4O2S. The predicted octanol–water partition coefficient (Wildman–Crippen LogP) is 4.40. The molecular weight excluding hydrogens is 372 g/mol. The van der Waals surface area contributed by atoms with Crippen molar-refractivity contribution < 1.29 is 10.0 Å². The summed E-state index contributed by atoms with van der Waals surface area (Å²) in [6, 6.07) is 5.32. The predicted molar refractivity (Wildman–Crippen MR) is 119 cm³/mol. The zero-order chi connectivity index (χ0) is 21.9. The van der Waals surface area contributed by atoms with Crippen LogP contribution >= 0.6 is 11.3 Å². The van der Waals surface area contributed by atoms with Gasteiger partial charge in [0, 0.05) is 19.7 Å². The van der Waals surface area contributed by atoms with Gasteiger partial charge in [0.25, 0.3) is 5.91 Å². The molecule has 0 aliphatic carbocycles. The highest BCUT2D eigenvalue weighted by Gasteiger charge is 2.10. The monoisotopic (exact) mass is 404 g/mol. The smallest absolute Gasteiger partial charge is 0.284 e. The Morgan fingerprint density at radius 2 is 2.00 bits per heavy atom. The minimum Gasteiger partial charge on any atom is -0.333 e. The van der Waals surface area contributed by atoms with Gasteiger partial charge in [-0.3, -0.25) is 14.7 Å². The van der Waals surface area contributed by atoms with E-state index in [1.807, 2.05) is 53.1 Å². The van der Waals surface area contributed by atoms with Crippen LogP contribution in [0.25, 0.3) is 10.6 Å². The van der Waals surface area contributed by atoms with E-state index in [4.69, 9.17) is 5.21 Å². The third-order valence-corrected chi connectivity index (χ3v) is 3.71. The van der Waals surface area contributed by atoms with E-state index < -0.39 is 5.91 Å². The number of carbonyl (C=O) groups is 1. The Labute approximate surface area is 172 Å². The molecule has 0 radical (unpaired) electrons. The highest BCUT2D eigenvalue weighted by Crippen LogP contribution is 2.26. The van der Waals surface area contributed by atoms with Gasteiger partial charge in [0.05, 0.1) is 9.75 Å². The molecule has 2 heterocycles. The van der Waals surface area contributed by atoms with Crippen molar-refractivity contribution in [1.29, 1.82) is 0 Å². The second-order valence-electron chi connectivity index (χ2n) is 5.02. The van der Waals surface area contributed by atoms with Crippen LogP contribution in [-0.4, -0.2) is 27.9 Å². The lowest BCUT2D eigenvalue weighted by atomic mass is 10.3. The van der Waals surface area contributed by atoms with Crippen LogP contribution in [0.5, 0.6) is 0 Å². The molecule has 2 rings (SSSR count). The third-order valence-electron chi connectivity index (χ3n) is 2.61. The van der Waals surface area contributed by atoms with Crippen LogP contribution in [0.15, 0.2) is 48.7 Å². The summed E-state index contributed by atoms with van der Waals surface area (Å²) in [5.41, 5.74) is 8.16. The Hall–Kier alpha value is -2.66. The number of rotatable bonds is 3. The first-order valence-corrected chi connectivity index (χ1v) is 9.64. The van der Waals surface area contributed by atoms with E-state index in [-0.39, 0.29) is 0 Å². The van der Waals surface area contributed by atoms with Crippen molar-refractivity contribution in [1.82, 2.24) is 15.3 Å². The van der Waals surface area contributed by atoms with E-state index in [9.17, 15) is 4.79 Å². The van der Waals surface area contributed by atoms with Crippen molar-refractivity contribution in [3.8, 4) is 22.4 Å². The first-order valence-electron chi connectivity index (χ1n) is 8.82. The number of aromatic nitrogens is 2. The van der Waals surface area contributed by atoms with Crippen LogP contribution in [0.3, 0.4) is 0 Å². The molecule has 2 aromatic rings. The standard InChI is InChI=1S/C9H9N3O2S.C9H12.C2H6.CH5N/c1-12-5-4-6(10-12)7-2-3-8(15-7)9(13)11-14;1-4-5-6-7-8-9(2)3;2*1-2/h2-5,14H,1H3,(H,11,13);4,8H,1,5H2,2-3H3;1-2H3;2H2,1H3. The van der Waals surface area contributed by atoms with Gasteiger partial charge < -0.3 is 5.73 Å². The number of amides is 1. The second kappa shape index (κ2) is 17.7. The van der Waals surface area contributed by atoms with Gasteiger partial charge in [-0.25, -0.2) is 5.48 Å². The molecule has 0 atom stereocenters. The number of nitrogens with two attached hydrogens (primary N) is 1. The quantitative estimate of drug-likeness (QED) is 0.306. The zero-order valence-corrected chi connectivity index (χ0v) is 18.4. The first-order chi connectivity index (χ1) is 13.5. The van der Waals surface area contributed by atoms with Gasteiger partial charge in [-0.2, -0.15) is 5.10 Å². The molecule has 154 valence electrons. The summed E-state index contributed by atoms with van der Waals surface area (Å²) in [6.45, 7) is 11.6. The van der Waals surface area contributed by atoms with Gasteiger partial charge in [-0.15, -0.1) is 17.9 Å². The Morgan fingerprint density at radius 1 is 1.36 bits per heavy atom. The SMILES string of the molecule is C=CCC#CC=C(C)C.CC.CN.Cn1ccc(-c2ccc(C(=O)NO)s2)n1. The van der Waals surface area contributed by atoms with Crippen molar-refractivity contribution in [2.75, 3.05) is 7.05 Å². The number of allylic oxidation sites excluding steroid dienone is 3. The fourth-order valence-corrected chi connectivity index (χ4v) is 2.39. The molecule has 28 heavy (non-hydrogen) atoms. The lowest BCUT2D eigenvalue weighted by molar-refractivity contribution is 0.0711. The molecule has 1 amide bonds. The van der Waals surface area contributed by atoms with E-state index >= 15 is 0 Å². The third kappa shape index (κ3) is 11.9. The summed E-state index contributed by atoms with van der Waals surface area (Å²) in [4.78, 5) is 12.4. The first kappa shape index (κ1) is 27.6. The highest BCUT2D eigenvalue weighted by atomic mass is 32.1. The maximum absolute atomic E-state index is 11.1. The number of nitrogens with zero attached hydrogens (tertiary/aromatic N) is 2. The Bertz CT molecular complexity index is 776. The molecule has 6 nitrogen and oxygen atoms in total. The van der Waals surface area contributed by atoms with E-state index in [1.54, 1.807) is 28.4 Å². The average Bonchev–Trinajstić information content (AvgIpc) is 3.37. The zero-order valence-electron chi connectivity index (χ0n) is 17.6. The van der Waals surface area contributed by atoms with E-state index in [0.29, 0.717) is 4.88 Å². The number of hydroxylamine groups is 1. The minimum atomic E-state index is -0.498. The Kier molecular flexibility index (Phi) is 17.5. The lowest BCUT2D eigenvalue weighted by Crippen LogP contribution is -2.16. The van der Waals surface area contributed by atoms with E-state index in [1.165, 1.54) is 24.0 Å². The van der Waals surface area contributed by atoms with Crippen molar-refractivity contribution in [2.24, 2.45) is 12.8 Å². The number of hydrogen-bond donors (Lipinski definition) is 3. The highest BCUT2D eigenvalue weighted by molar-refractivity contribution is 7.17. The minimum absolute atomic E-state index is 0.457. The summed E-state index contributed by atoms with van der Waals surface area (Å²) in [5, 5.41) is 12.7. The van der Waals surface area contributed by atoms with E-state index in [0.717, 1.165) is 17.0 Å². The van der Waals surface area contributed by atoms with Gasteiger partial charge in [0.1, 0.15) is 5.69 Å². The van der Waals surface area contributed by atoms with Crippen molar-refractivity contribution in [2.45, 2.75) is 34.1 Å². The maximum atomic E-state index is 11.1. The number of thiophene rings is 1. The van der Waals surface area contributed by atoms with Crippen molar-refractivity contribution in [3.63, 3.8) is 0 Å². The fraction of sp³-hybridized carbons (Fsp3) is 0.333. The maximum Gasteiger partial charge on any atom is 0.284 e. The van der Waals surface area contributed by atoms with Crippen molar-refractivity contribution >= 4 is 17.2 Å². The normalized spacial score (nSPS) is 8.14. The van der Waals surface area contributed by atoms with Gasteiger partial charge in [0.2, 0.25) is 0 Å². The van der Waals surface area contributed by atoms with Gasteiger partial charge in [0.15, 0.2) is 0 Å². The Balaban J connectivity index is 0. The summed E-state index contributed by atoms with van der Waals surface area (Å²) >= 11 is 1.28. The molecule has 0 aliphatic heterocycles. The number of nitrogens with one attached hydrogen (secondary N) is 1. The molecule has 0 aliphatic rings. The molecule has 4 N–H and O–H groups in total. The average molecular weight is 405 g/mol. The van der Waals surface area contributed by atoms with Gasteiger partial charge in [-0.05, 0) is 45.2 Å². The molecule has 7 heteroatoms. The molecule has 0 saturated carbocycles. The molecule has 0 fully saturated rings. The van der Waals surface area contributed by atoms with Crippen LogP contribution < -0.4 is 11.2 Å². The molecule has 0 aromatic carbocycles. The fourth-order valence-electron chi connectivity index (χ4n) is 1.53. The number of hydrogen-bond acceptors (Lipinski definition) is 5. The number of aryl methyl sites for hydroxylation is 1. The van der Waals surface area contributed by atoms with E-state index in [2.05, 4.69) is 29.3 Å². The summed E-state index contributed by atoms with van der Waals surface area (Å²) in [7, 11) is 3.33. The van der Waals surface area contributed by atoms with Crippen LogP contribution in [0, 0.1) is 11.8 Å². The van der Waals surface area contributed by atoms with Crippen LogP contribution in [-0.2, 0) is 7.05 Å². The molecule has 0 bridgehead atoms. The van der Waals surface area contributed by atoms with Crippen LogP contribution in [0.4, 0.5) is 0 Å². The summed E-state index contributed by atoms with van der Waals surface area (Å²) in [6.07, 6.45) is 6.32. The summed E-state index contributed by atoms with van der Waals surface area (Å²) in [5.74, 6) is 5.33. The second-order valence-corrected chi connectivity index (χ2v) is 6.10. The number of carbonyl (C=O) groups excluding carboxylic acids is 1. The molecule has 2 aromatic heterocycles. The largest absolute Gasteiger partial charge is 0.333 e. The van der Waals surface area contributed by atoms with Gasteiger partial charge in [-0.1, -0.05) is 37.3 Å². The topological polar surface area (TPSA) is 93.2 Å². The molecule has 0 saturated heterocycles. The molecule has 0 unspecified atom stereocenters. The van der Waals surface area contributed by atoms with Crippen molar-refractivity contribution in [3.05, 3.63) is 53.6 Å². The molecule has 0 spiro atoms. The summed E-state index contributed by atoms with van der Waals surface area (Å²) < 4.78 is 1.70. The lowest BCUT2D eigenvalue weighted by Gasteiger charge is -1.91. The van der Waals surface area contributed by atoms with Crippen LogP contribution in [0.1, 0.15) is 43.8 Å².